The van der Waals surface area contributed by atoms with Gasteiger partial charge in [0, 0.05) is 17.3 Å². The molecule has 0 saturated carbocycles. The van der Waals surface area contributed by atoms with Crippen LogP contribution in [0, 0.1) is 0 Å². The number of para-hydroxylation sites is 1. The van der Waals surface area contributed by atoms with Crippen LogP contribution in [-0.4, -0.2) is 42.4 Å². The lowest BCUT2D eigenvalue weighted by Crippen LogP contribution is -2.15. The highest BCUT2D eigenvalue weighted by Crippen LogP contribution is 2.36. The van der Waals surface area contributed by atoms with E-state index in [4.69, 9.17) is 18.9 Å². The summed E-state index contributed by atoms with van der Waals surface area (Å²) < 4.78 is 23.9. The predicted octanol–water partition coefficient (Wildman–Crippen LogP) is 4.35. The molecule has 0 amide bonds. The van der Waals surface area contributed by atoms with Crippen LogP contribution in [0.4, 0.5) is 0 Å². The van der Waals surface area contributed by atoms with Crippen LogP contribution in [0.3, 0.4) is 0 Å². The minimum atomic E-state index is -0.621. The Labute approximate surface area is 195 Å². The van der Waals surface area contributed by atoms with Crippen LogP contribution in [-0.2, 0) is 0 Å². The quantitative estimate of drug-likeness (QED) is 0.242. The third-order valence-electron chi connectivity index (χ3n) is 5.30. The van der Waals surface area contributed by atoms with Gasteiger partial charge >= 0.3 is 5.97 Å². The van der Waals surface area contributed by atoms with Crippen LogP contribution in [0.1, 0.15) is 20.7 Å². The summed E-state index contributed by atoms with van der Waals surface area (Å²) in [5.74, 6) is 1.07. The van der Waals surface area contributed by atoms with Crippen LogP contribution >= 0.6 is 0 Å². The van der Waals surface area contributed by atoms with Gasteiger partial charge in [0.2, 0.25) is 0 Å². The first kappa shape index (κ1) is 21.3. The Morgan fingerprint density at radius 2 is 1.76 bits per heavy atom. The van der Waals surface area contributed by atoms with Gasteiger partial charge in [0.25, 0.3) is 0 Å². The van der Waals surface area contributed by atoms with Crippen molar-refractivity contribution in [3.63, 3.8) is 0 Å². The van der Waals surface area contributed by atoms with Gasteiger partial charge in [-0.2, -0.15) is 5.10 Å². The summed E-state index contributed by atoms with van der Waals surface area (Å²) in [5.41, 5.74) is 2.55. The van der Waals surface area contributed by atoms with Gasteiger partial charge in [0.1, 0.15) is 30.8 Å². The van der Waals surface area contributed by atoms with E-state index in [1.807, 2.05) is 36.4 Å². The molecule has 0 spiro atoms. The lowest BCUT2D eigenvalue weighted by atomic mass is 10.1. The summed E-state index contributed by atoms with van der Waals surface area (Å²) in [6, 6.07) is 19.4. The molecule has 1 aromatic heterocycles. The molecular weight excluding hydrogens is 436 g/mol. The number of methoxy groups -OCH3 is 1. The smallest absolute Gasteiger partial charge is 0.347 e. The summed E-state index contributed by atoms with van der Waals surface area (Å²) in [6.07, 6.45) is 2.31. The van der Waals surface area contributed by atoms with Gasteiger partial charge in [0.05, 0.1) is 12.8 Å². The molecule has 2 heterocycles. The molecule has 0 aliphatic carbocycles. The molecule has 0 N–H and O–H groups in total. The molecule has 0 radical (unpaired) electrons. The third kappa shape index (κ3) is 4.09. The number of hydrogen-bond acceptors (Lipinski definition) is 7. The maximum atomic E-state index is 13.3. The van der Waals surface area contributed by atoms with Gasteiger partial charge in [0.15, 0.2) is 23.0 Å². The molecule has 0 unspecified atom stereocenters. The summed E-state index contributed by atoms with van der Waals surface area (Å²) in [5, 5.41) is 4.67. The van der Waals surface area contributed by atoms with E-state index in [0.29, 0.717) is 47.8 Å². The van der Waals surface area contributed by atoms with E-state index in [-0.39, 0.29) is 17.1 Å². The summed E-state index contributed by atoms with van der Waals surface area (Å²) in [7, 11) is 1.44. The van der Waals surface area contributed by atoms with Gasteiger partial charge in [-0.1, -0.05) is 18.2 Å². The number of carbonyl (C=O) groups is 2. The Morgan fingerprint density at radius 3 is 2.53 bits per heavy atom. The fourth-order valence-electron chi connectivity index (χ4n) is 3.64. The number of carbonyl (C=O) groups excluding carboxylic acids is 2. The molecule has 34 heavy (non-hydrogen) atoms. The second kappa shape index (κ2) is 9.11. The van der Waals surface area contributed by atoms with Crippen molar-refractivity contribution in [3.8, 4) is 39.9 Å². The largest absolute Gasteiger partial charge is 0.493 e. The zero-order chi connectivity index (χ0) is 23.5. The molecule has 8 heteroatoms. The second-order valence-electron chi connectivity index (χ2n) is 7.45. The SMILES string of the molecule is COc1cc(C=O)ccc1OC(=O)c1cn(-c2ccccc2)nc1-c1ccc2c(c1)OCCO2. The van der Waals surface area contributed by atoms with Crippen molar-refractivity contribution in [1.82, 2.24) is 9.78 Å². The fourth-order valence-corrected chi connectivity index (χ4v) is 3.64. The summed E-state index contributed by atoms with van der Waals surface area (Å²) in [6.45, 7) is 0.928. The molecule has 8 nitrogen and oxygen atoms in total. The lowest BCUT2D eigenvalue weighted by molar-refractivity contribution is 0.0730. The third-order valence-corrected chi connectivity index (χ3v) is 5.30. The maximum absolute atomic E-state index is 13.3. The molecule has 5 rings (SSSR count). The summed E-state index contributed by atoms with van der Waals surface area (Å²) in [4.78, 5) is 24.4. The van der Waals surface area contributed by atoms with Crippen molar-refractivity contribution in [1.29, 1.82) is 0 Å². The second-order valence-corrected chi connectivity index (χ2v) is 7.45. The minimum absolute atomic E-state index is 0.193. The Morgan fingerprint density at radius 1 is 0.971 bits per heavy atom. The lowest BCUT2D eigenvalue weighted by Gasteiger charge is -2.18. The number of hydrogen-bond donors (Lipinski definition) is 0. The minimum Gasteiger partial charge on any atom is -0.493 e. The van der Waals surface area contributed by atoms with E-state index in [1.165, 1.54) is 19.2 Å². The number of nitrogens with zero attached hydrogens (tertiary/aromatic N) is 2. The molecule has 3 aromatic carbocycles. The molecule has 0 bridgehead atoms. The molecule has 0 atom stereocenters. The normalized spacial score (nSPS) is 12.1. The first-order chi connectivity index (χ1) is 16.7. The van der Waals surface area contributed by atoms with E-state index in [9.17, 15) is 9.59 Å². The predicted molar refractivity (Wildman–Crippen MR) is 123 cm³/mol. The molecule has 1 aliphatic rings. The van der Waals surface area contributed by atoms with Crippen LogP contribution in [0.15, 0.2) is 72.9 Å². The Kier molecular flexibility index (Phi) is 5.70. The summed E-state index contributed by atoms with van der Waals surface area (Å²) >= 11 is 0. The number of aromatic nitrogens is 2. The van der Waals surface area contributed by atoms with Crippen molar-refractivity contribution in [2.45, 2.75) is 0 Å². The van der Waals surface area contributed by atoms with E-state index >= 15 is 0 Å². The van der Waals surface area contributed by atoms with Gasteiger partial charge in [-0.25, -0.2) is 9.48 Å². The van der Waals surface area contributed by atoms with Gasteiger partial charge in [-0.05, 0) is 48.5 Å². The number of ether oxygens (including phenoxy) is 4. The number of esters is 1. The van der Waals surface area contributed by atoms with E-state index in [1.54, 1.807) is 29.1 Å². The van der Waals surface area contributed by atoms with Gasteiger partial charge < -0.3 is 18.9 Å². The molecule has 0 fully saturated rings. The molecule has 170 valence electrons. The van der Waals surface area contributed by atoms with Crippen molar-refractivity contribution in [2.75, 3.05) is 20.3 Å². The van der Waals surface area contributed by atoms with Crippen LogP contribution in [0.2, 0.25) is 0 Å². The average molecular weight is 456 g/mol. The average Bonchev–Trinajstić information content (AvgIpc) is 3.35. The highest BCUT2D eigenvalue weighted by atomic mass is 16.6. The van der Waals surface area contributed by atoms with Crippen molar-refractivity contribution < 1.29 is 28.5 Å². The first-order valence-electron chi connectivity index (χ1n) is 10.6. The molecular formula is C26H20N2O6. The Bertz CT molecular complexity index is 1360. The van der Waals surface area contributed by atoms with E-state index in [2.05, 4.69) is 5.10 Å². The topological polar surface area (TPSA) is 88.9 Å². The number of aldehydes is 1. The van der Waals surface area contributed by atoms with Crippen molar-refractivity contribution >= 4 is 12.3 Å². The fraction of sp³-hybridized carbons (Fsp3) is 0.115. The molecule has 4 aromatic rings. The maximum Gasteiger partial charge on any atom is 0.347 e. The van der Waals surface area contributed by atoms with Crippen molar-refractivity contribution in [2.24, 2.45) is 0 Å². The van der Waals surface area contributed by atoms with Crippen LogP contribution < -0.4 is 18.9 Å². The monoisotopic (exact) mass is 456 g/mol. The zero-order valence-electron chi connectivity index (χ0n) is 18.3. The van der Waals surface area contributed by atoms with Crippen molar-refractivity contribution in [3.05, 3.63) is 84.1 Å². The highest BCUT2D eigenvalue weighted by Gasteiger charge is 2.23. The Balaban J connectivity index is 1.56. The van der Waals surface area contributed by atoms with Crippen LogP contribution in [0.25, 0.3) is 16.9 Å². The Hall–Kier alpha value is -4.59. The van der Waals surface area contributed by atoms with E-state index < -0.39 is 5.97 Å². The highest BCUT2D eigenvalue weighted by molar-refractivity contribution is 5.98. The number of fused-ring (bicyclic) bond motifs is 1. The molecule has 0 saturated heterocycles. The standard InChI is InChI=1S/C26H20N2O6/c1-31-23-13-17(16-29)7-9-22(23)34-26(30)20-15-28(19-5-3-2-4-6-19)27-25(20)18-8-10-21-24(14-18)33-12-11-32-21/h2-10,13-16H,11-12H2,1H3. The first-order valence-corrected chi connectivity index (χ1v) is 10.6. The number of benzene rings is 3. The zero-order valence-corrected chi connectivity index (χ0v) is 18.3. The molecule has 1 aliphatic heterocycles. The van der Waals surface area contributed by atoms with Gasteiger partial charge in [-0.15, -0.1) is 0 Å². The van der Waals surface area contributed by atoms with Crippen LogP contribution in [0.5, 0.6) is 23.0 Å². The van der Waals surface area contributed by atoms with E-state index in [0.717, 1.165) is 5.69 Å². The van der Waals surface area contributed by atoms with Gasteiger partial charge in [-0.3, -0.25) is 4.79 Å². The number of rotatable bonds is 6.